The minimum absolute atomic E-state index is 0.0608. The number of hydrogen-bond donors (Lipinski definition) is 0. The van der Waals surface area contributed by atoms with Crippen molar-refractivity contribution in [3.05, 3.63) is 67.7 Å². The van der Waals surface area contributed by atoms with Gasteiger partial charge in [-0.3, -0.25) is 10.1 Å². The highest BCUT2D eigenvalue weighted by Crippen LogP contribution is 2.37. The van der Waals surface area contributed by atoms with E-state index in [2.05, 4.69) is 0 Å². The van der Waals surface area contributed by atoms with E-state index in [1.54, 1.807) is 24.3 Å². The smallest absolute Gasteiger partial charge is 0.272 e. The maximum atomic E-state index is 10.7. The number of halogens is 2. The zero-order valence-corrected chi connectivity index (χ0v) is 12.1. The Bertz CT molecular complexity index is 718. The summed E-state index contributed by atoms with van der Waals surface area (Å²) in [5, 5.41) is 19.6. The summed E-state index contributed by atoms with van der Waals surface area (Å²) >= 11 is 11.9. The van der Waals surface area contributed by atoms with Gasteiger partial charge in [-0.2, -0.15) is 5.26 Å². The van der Waals surface area contributed by atoms with Crippen LogP contribution in [0.2, 0.25) is 10.0 Å². The fourth-order valence-electron chi connectivity index (χ4n) is 1.68. The van der Waals surface area contributed by atoms with Gasteiger partial charge in [-0.25, -0.2) is 0 Å². The van der Waals surface area contributed by atoms with Crippen LogP contribution in [0.25, 0.3) is 0 Å². The lowest BCUT2D eigenvalue weighted by molar-refractivity contribution is -0.384. The van der Waals surface area contributed by atoms with Crippen molar-refractivity contribution in [2.75, 3.05) is 0 Å². The Hall–Kier alpha value is -2.29. The van der Waals surface area contributed by atoms with Crippen molar-refractivity contribution in [2.45, 2.75) is 6.61 Å². The van der Waals surface area contributed by atoms with Crippen LogP contribution < -0.4 is 4.74 Å². The fourth-order valence-corrected chi connectivity index (χ4v) is 2.26. The lowest BCUT2D eigenvalue weighted by atomic mass is 10.1. The first-order valence-electron chi connectivity index (χ1n) is 5.76. The molecule has 2 aromatic rings. The molecule has 0 aliphatic carbocycles. The molecule has 0 aliphatic rings. The first kappa shape index (κ1) is 15.1. The van der Waals surface area contributed by atoms with Crippen LogP contribution in [0.15, 0.2) is 36.4 Å². The Morgan fingerprint density at radius 2 is 1.90 bits per heavy atom. The van der Waals surface area contributed by atoms with Crippen molar-refractivity contribution >= 4 is 28.9 Å². The second kappa shape index (κ2) is 6.44. The third kappa shape index (κ3) is 3.63. The molecular weight excluding hydrogens is 315 g/mol. The monoisotopic (exact) mass is 322 g/mol. The fraction of sp³-hybridized carbons (Fsp3) is 0.0714. The van der Waals surface area contributed by atoms with E-state index in [0.29, 0.717) is 5.56 Å². The predicted octanol–water partition coefficient (Wildman–Crippen LogP) is 4.35. The SMILES string of the molecule is N#Cc1cccc(COc2c(Cl)cc([N+](=O)[O-])cc2Cl)c1. The van der Waals surface area contributed by atoms with E-state index in [0.717, 1.165) is 5.56 Å². The number of benzene rings is 2. The Morgan fingerprint density at radius 3 is 2.48 bits per heavy atom. The molecule has 0 aliphatic heterocycles. The van der Waals surface area contributed by atoms with E-state index >= 15 is 0 Å². The van der Waals surface area contributed by atoms with Crippen LogP contribution in [0.1, 0.15) is 11.1 Å². The zero-order chi connectivity index (χ0) is 15.4. The zero-order valence-electron chi connectivity index (χ0n) is 10.5. The average molecular weight is 323 g/mol. The van der Waals surface area contributed by atoms with Crippen molar-refractivity contribution < 1.29 is 9.66 Å². The maximum Gasteiger partial charge on any atom is 0.272 e. The first-order valence-corrected chi connectivity index (χ1v) is 6.52. The number of rotatable bonds is 4. The molecule has 0 spiro atoms. The summed E-state index contributed by atoms with van der Waals surface area (Å²) in [6, 6.07) is 11.2. The highest BCUT2D eigenvalue weighted by atomic mass is 35.5. The average Bonchev–Trinajstić information content (AvgIpc) is 2.46. The largest absolute Gasteiger partial charge is 0.486 e. The quantitative estimate of drug-likeness (QED) is 0.619. The van der Waals surface area contributed by atoms with Gasteiger partial charge in [0.15, 0.2) is 5.75 Å². The van der Waals surface area contributed by atoms with Crippen LogP contribution in [-0.4, -0.2) is 4.92 Å². The molecule has 0 fully saturated rings. The molecule has 106 valence electrons. The Balaban J connectivity index is 2.20. The van der Waals surface area contributed by atoms with Crippen LogP contribution in [0.5, 0.6) is 5.75 Å². The molecule has 7 heteroatoms. The van der Waals surface area contributed by atoms with Gasteiger partial charge in [0.1, 0.15) is 6.61 Å². The number of ether oxygens (including phenoxy) is 1. The van der Waals surface area contributed by atoms with Crippen molar-refractivity contribution in [1.82, 2.24) is 0 Å². The minimum atomic E-state index is -0.585. The summed E-state index contributed by atoms with van der Waals surface area (Å²) in [4.78, 5) is 10.1. The molecule has 0 heterocycles. The molecule has 0 amide bonds. The highest BCUT2D eigenvalue weighted by molar-refractivity contribution is 6.37. The van der Waals surface area contributed by atoms with Crippen LogP contribution in [0.4, 0.5) is 5.69 Å². The molecule has 2 rings (SSSR count). The van der Waals surface area contributed by atoms with Gasteiger partial charge in [-0.05, 0) is 17.7 Å². The van der Waals surface area contributed by atoms with E-state index in [9.17, 15) is 10.1 Å². The van der Waals surface area contributed by atoms with E-state index in [1.165, 1.54) is 12.1 Å². The molecule has 5 nitrogen and oxygen atoms in total. The summed E-state index contributed by atoms with van der Waals surface area (Å²) in [5.74, 6) is 0.172. The topological polar surface area (TPSA) is 76.2 Å². The summed E-state index contributed by atoms with van der Waals surface area (Å²) in [7, 11) is 0. The normalized spacial score (nSPS) is 9.95. The van der Waals surface area contributed by atoms with Gasteiger partial charge in [0.05, 0.1) is 26.6 Å². The van der Waals surface area contributed by atoms with E-state index < -0.39 is 4.92 Å². The van der Waals surface area contributed by atoms with Crippen molar-refractivity contribution in [3.8, 4) is 11.8 Å². The summed E-state index contributed by atoms with van der Waals surface area (Å²) in [6.45, 7) is 0.146. The molecule has 0 atom stereocenters. The maximum absolute atomic E-state index is 10.7. The third-order valence-electron chi connectivity index (χ3n) is 2.63. The second-order valence-corrected chi connectivity index (χ2v) is 4.91. The van der Waals surface area contributed by atoms with Gasteiger partial charge in [0.25, 0.3) is 5.69 Å². The molecular formula is C14H8Cl2N2O3. The van der Waals surface area contributed by atoms with E-state index in [-0.39, 0.29) is 28.1 Å². The number of nitro groups is 1. The molecule has 0 N–H and O–H groups in total. The molecule has 2 aromatic carbocycles. The van der Waals surface area contributed by atoms with Crippen LogP contribution in [0.3, 0.4) is 0 Å². The summed E-state index contributed by atoms with van der Waals surface area (Å²) < 4.78 is 5.49. The van der Waals surface area contributed by atoms with Gasteiger partial charge in [-0.15, -0.1) is 0 Å². The summed E-state index contributed by atoms with van der Waals surface area (Å²) in [6.07, 6.45) is 0. The standard InChI is InChI=1S/C14H8Cl2N2O3/c15-12-5-11(18(19)20)6-13(16)14(12)21-8-10-3-1-2-9(4-10)7-17/h1-6H,8H2. The first-order chi connectivity index (χ1) is 10.0. The van der Waals surface area contributed by atoms with Crippen LogP contribution in [0, 0.1) is 21.4 Å². The van der Waals surface area contributed by atoms with Crippen molar-refractivity contribution in [2.24, 2.45) is 0 Å². The molecule has 0 radical (unpaired) electrons. The van der Waals surface area contributed by atoms with Crippen LogP contribution >= 0.6 is 23.2 Å². The number of nitriles is 1. The molecule has 0 unspecified atom stereocenters. The Morgan fingerprint density at radius 1 is 1.24 bits per heavy atom. The Labute approximate surface area is 130 Å². The molecule has 21 heavy (non-hydrogen) atoms. The molecule has 0 bridgehead atoms. The molecule has 0 aromatic heterocycles. The highest BCUT2D eigenvalue weighted by Gasteiger charge is 2.15. The van der Waals surface area contributed by atoms with Gasteiger partial charge >= 0.3 is 0 Å². The number of nitro benzene ring substituents is 1. The molecule has 0 saturated carbocycles. The minimum Gasteiger partial charge on any atom is -0.486 e. The van der Waals surface area contributed by atoms with Gasteiger partial charge in [-0.1, -0.05) is 35.3 Å². The van der Waals surface area contributed by atoms with Crippen molar-refractivity contribution in [3.63, 3.8) is 0 Å². The number of hydrogen-bond acceptors (Lipinski definition) is 4. The Kier molecular flexibility index (Phi) is 4.63. The number of nitrogens with zero attached hydrogens (tertiary/aromatic N) is 2. The van der Waals surface area contributed by atoms with Gasteiger partial charge in [0.2, 0.25) is 0 Å². The second-order valence-electron chi connectivity index (χ2n) is 4.10. The van der Waals surface area contributed by atoms with E-state index in [1.807, 2.05) is 6.07 Å². The third-order valence-corrected chi connectivity index (χ3v) is 3.19. The number of non-ortho nitro benzene ring substituents is 1. The van der Waals surface area contributed by atoms with Crippen LogP contribution in [-0.2, 0) is 6.61 Å². The van der Waals surface area contributed by atoms with Gasteiger partial charge in [0, 0.05) is 12.1 Å². The van der Waals surface area contributed by atoms with E-state index in [4.69, 9.17) is 33.2 Å². The molecule has 0 saturated heterocycles. The lowest BCUT2D eigenvalue weighted by Gasteiger charge is -2.10. The predicted molar refractivity (Wildman–Crippen MR) is 78.6 cm³/mol. The van der Waals surface area contributed by atoms with Gasteiger partial charge < -0.3 is 4.74 Å². The lowest BCUT2D eigenvalue weighted by Crippen LogP contribution is -1.98. The summed E-state index contributed by atoms with van der Waals surface area (Å²) in [5.41, 5.74) is 1.07. The van der Waals surface area contributed by atoms with Crippen molar-refractivity contribution in [1.29, 1.82) is 5.26 Å².